The minimum atomic E-state index is -1.22. The monoisotopic (exact) mass is 567 g/mol. The lowest BCUT2D eigenvalue weighted by Crippen LogP contribution is -2.41. The number of hydrogen-bond donors (Lipinski definition) is 4. The lowest BCUT2D eigenvalue weighted by molar-refractivity contribution is -0.136. The zero-order valence-corrected chi connectivity index (χ0v) is 22.4. The van der Waals surface area contributed by atoms with Gasteiger partial charge < -0.3 is 20.3 Å². The van der Waals surface area contributed by atoms with Crippen molar-refractivity contribution in [3.8, 4) is 11.3 Å². The number of aromatic amines is 1. The predicted molar refractivity (Wildman–Crippen MR) is 150 cm³/mol. The van der Waals surface area contributed by atoms with E-state index in [-0.39, 0.29) is 35.3 Å². The molecule has 2 bridgehead atoms. The molecular weight excluding hydrogens is 541 g/mol. The average Bonchev–Trinajstić information content (AvgIpc) is 3.27. The molecule has 2 aromatic carbocycles. The minimum absolute atomic E-state index is 0.0182. The van der Waals surface area contributed by atoms with Gasteiger partial charge in [-0.1, -0.05) is 47.5 Å². The number of H-pyrrole nitrogens is 1. The van der Waals surface area contributed by atoms with Gasteiger partial charge in [0.2, 0.25) is 11.8 Å². The van der Waals surface area contributed by atoms with E-state index in [0.29, 0.717) is 59.3 Å². The van der Waals surface area contributed by atoms with Crippen molar-refractivity contribution in [2.24, 2.45) is 0 Å². The van der Waals surface area contributed by atoms with E-state index in [2.05, 4.69) is 15.6 Å². The number of imidazole rings is 1. The van der Waals surface area contributed by atoms with Crippen LogP contribution in [-0.2, 0) is 9.59 Å². The summed E-state index contributed by atoms with van der Waals surface area (Å²) in [5.74, 6) is 0.420. The number of nitrogens with one attached hydrogen (secondary N) is 3. The summed E-state index contributed by atoms with van der Waals surface area (Å²) in [5.41, 5.74) is 2.66. The van der Waals surface area contributed by atoms with Crippen LogP contribution in [0.1, 0.15) is 55.5 Å². The first-order valence-corrected chi connectivity index (χ1v) is 13.4. The van der Waals surface area contributed by atoms with Crippen LogP contribution in [0.5, 0.6) is 0 Å². The number of nitrogens with zero attached hydrogens (tertiary/aromatic N) is 2. The highest BCUT2D eigenvalue weighted by Crippen LogP contribution is 2.39. The van der Waals surface area contributed by atoms with Crippen molar-refractivity contribution in [3.05, 3.63) is 76.2 Å². The van der Waals surface area contributed by atoms with Crippen molar-refractivity contribution in [1.82, 2.24) is 14.9 Å². The van der Waals surface area contributed by atoms with Crippen LogP contribution in [0.4, 0.5) is 16.2 Å². The van der Waals surface area contributed by atoms with Gasteiger partial charge in [0.1, 0.15) is 16.7 Å². The van der Waals surface area contributed by atoms with E-state index in [0.717, 1.165) is 12.0 Å². The van der Waals surface area contributed by atoms with Gasteiger partial charge in [-0.2, -0.15) is 0 Å². The molecule has 3 aromatic rings. The SMILES string of the molecule is O=C(O)Nc1ccc2c(c1)NC(=O)CC/C=C/C[C@H](N1CCC(c3cccc(Cl)c3)CC1=O)c1nc-2c(Cl)[nH]1. The first kappa shape index (κ1) is 26.8. The van der Waals surface area contributed by atoms with E-state index in [1.54, 1.807) is 12.1 Å². The first-order valence-electron chi connectivity index (χ1n) is 12.7. The number of amides is 3. The molecule has 1 saturated heterocycles. The third-order valence-corrected chi connectivity index (χ3v) is 7.52. The first-order chi connectivity index (χ1) is 18.8. The van der Waals surface area contributed by atoms with Crippen LogP contribution in [0, 0.1) is 0 Å². The van der Waals surface area contributed by atoms with E-state index < -0.39 is 6.09 Å². The molecule has 1 aromatic heterocycles. The smallest absolute Gasteiger partial charge is 0.409 e. The fourth-order valence-corrected chi connectivity index (χ4v) is 5.58. The number of benzene rings is 2. The van der Waals surface area contributed by atoms with Crippen molar-refractivity contribution < 1.29 is 19.5 Å². The number of hydrogen-bond acceptors (Lipinski definition) is 4. The second-order valence-corrected chi connectivity index (χ2v) is 10.4. The van der Waals surface area contributed by atoms with Gasteiger partial charge in [0, 0.05) is 35.7 Å². The third kappa shape index (κ3) is 6.10. The molecule has 2 atom stereocenters. The molecule has 5 rings (SSSR count). The summed E-state index contributed by atoms with van der Waals surface area (Å²) in [5, 5.41) is 15.2. The molecule has 0 spiro atoms. The average molecular weight is 568 g/mol. The van der Waals surface area contributed by atoms with Gasteiger partial charge >= 0.3 is 6.09 Å². The number of likely N-dealkylation sites (tertiary alicyclic amines) is 1. The number of carbonyl (C=O) groups excluding carboxylic acids is 2. The minimum Gasteiger partial charge on any atom is -0.465 e. The maximum absolute atomic E-state index is 13.4. The molecule has 3 amide bonds. The van der Waals surface area contributed by atoms with E-state index in [1.807, 2.05) is 41.3 Å². The van der Waals surface area contributed by atoms with Crippen LogP contribution >= 0.6 is 23.2 Å². The topological polar surface area (TPSA) is 127 Å². The molecular formula is C28H27Cl2N5O4. The lowest BCUT2D eigenvalue weighted by Gasteiger charge is -2.36. The lowest BCUT2D eigenvalue weighted by atomic mass is 9.88. The van der Waals surface area contributed by atoms with Crippen LogP contribution in [0.3, 0.4) is 0 Å². The maximum Gasteiger partial charge on any atom is 0.409 e. The van der Waals surface area contributed by atoms with Gasteiger partial charge in [0.15, 0.2) is 0 Å². The molecule has 1 unspecified atom stereocenters. The summed E-state index contributed by atoms with van der Waals surface area (Å²) in [7, 11) is 0. The Kier molecular flexibility index (Phi) is 7.90. The number of anilines is 2. The molecule has 4 N–H and O–H groups in total. The maximum atomic E-state index is 13.4. The van der Waals surface area contributed by atoms with E-state index in [9.17, 15) is 14.4 Å². The summed E-state index contributed by atoms with van der Waals surface area (Å²) >= 11 is 12.8. The summed E-state index contributed by atoms with van der Waals surface area (Å²) in [4.78, 5) is 47.0. The van der Waals surface area contributed by atoms with Crippen molar-refractivity contribution in [2.45, 2.75) is 44.1 Å². The Hall–Kier alpha value is -3.82. The van der Waals surface area contributed by atoms with Crippen LogP contribution < -0.4 is 10.6 Å². The third-order valence-electron chi connectivity index (χ3n) is 7.01. The number of fused-ring (bicyclic) bond motifs is 4. The Morgan fingerprint density at radius 3 is 2.74 bits per heavy atom. The molecule has 2 aliphatic rings. The number of piperidine rings is 1. The Morgan fingerprint density at radius 1 is 1.13 bits per heavy atom. The number of aromatic nitrogens is 2. The summed E-state index contributed by atoms with van der Waals surface area (Å²) in [6.07, 6.45) is 5.06. The second kappa shape index (κ2) is 11.5. The second-order valence-electron chi connectivity index (χ2n) is 9.62. The highest BCUT2D eigenvalue weighted by atomic mass is 35.5. The van der Waals surface area contributed by atoms with Crippen LogP contribution in [0.15, 0.2) is 54.6 Å². The Morgan fingerprint density at radius 2 is 1.97 bits per heavy atom. The fraction of sp³-hybridized carbons (Fsp3) is 0.286. The quantitative estimate of drug-likeness (QED) is 0.265. The van der Waals surface area contributed by atoms with Gasteiger partial charge in [-0.05, 0) is 61.1 Å². The van der Waals surface area contributed by atoms with Gasteiger partial charge in [0.25, 0.3) is 0 Å². The van der Waals surface area contributed by atoms with Crippen molar-refractivity contribution in [1.29, 1.82) is 0 Å². The van der Waals surface area contributed by atoms with Crippen molar-refractivity contribution in [2.75, 3.05) is 17.2 Å². The predicted octanol–water partition coefficient (Wildman–Crippen LogP) is 6.60. The molecule has 0 radical (unpaired) electrons. The van der Waals surface area contributed by atoms with E-state index in [1.165, 1.54) is 6.07 Å². The molecule has 0 aliphatic carbocycles. The molecule has 2 aliphatic heterocycles. The number of allylic oxidation sites excluding steroid dienone is 1. The molecule has 11 heteroatoms. The molecule has 9 nitrogen and oxygen atoms in total. The van der Waals surface area contributed by atoms with E-state index >= 15 is 0 Å². The van der Waals surface area contributed by atoms with Crippen LogP contribution in [0.25, 0.3) is 11.3 Å². The number of carbonyl (C=O) groups is 3. The number of carboxylic acid groups (broad SMARTS) is 1. The van der Waals surface area contributed by atoms with Crippen molar-refractivity contribution >= 4 is 52.5 Å². The Balaban J connectivity index is 1.48. The number of rotatable bonds is 3. The van der Waals surface area contributed by atoms with Crippen LogP contribution in [0.2, 0.25) is 10.2 Å². The Labute approximate surface area is 235 Å². The summed E-state index contributed by atoms with van der Waals surface area (Å²) < 4.78 is 0. The fourth-order valence-electron chi connectivity index (χ4n) is 5.14. The van der Waals surface area contributed by atoms with Crippen molar-refractivity contribution in [3.63, 3.8) is 0 Å². The largest absolute Gasteiger partial charge is 0.465 e. The molecule has 39 heavy (non-hydrogen) atoms. The normalized spacial score (nSPS) is 20.6. The van der Waals surface area contributed by atoms with E-state index in [4.69, 9.17) is 33.3 Å². The number of halogens is 2. The highest BCUT2D eigenvalue weighted by molar-refractivity contribution is 6.32. The zero-order chi connectivity index (χ0) is 27.5. The zero-order valence-electron chi connectivity index (χ0n) is 20.9. The van der Waals surface area contributed by atoms with Crippen LogP contribution in [-0.4, -0.2) is 44.4 Å². The molecule has 3 heterocycles. The molecule has 0 saturated carbocycles. The molecule has 202 valence electrons. The summed E-state index contributed by atoms with van der Waals surface area (Å²) in [6.45, 7) is 0.545. The van der Waals surface area contributed by atoms with Gasteiger partial charge in [-0.3, -0.25) is 14.9 Å². The van der Waals surface area contributed by atoms with Gasteiger partial charge in [0.05, 0.1) is 11.7 Å². The summed E-state index contributed by atoms with van der Waals surface area (Å²) in [6, 6.07) is 12.0. The van der Waals surface area contributed by atoms with Gasteiger partial charge in [-0.15, -0.1) is 0 Å². The Bertz CT molecular complexity index is 1450. The standard InChI is InChI=1S/C28H27Cl2N5O4/c29-18-6-4-5-16(13-18)17-11-12-35(24(37)14-17)22-7-2-1-3-8-23(36)32-21-15-19(31-28(38)39)9-10-20(21)25-26(30)34-27(22)33-25/h1-2,4-6,9-10,13,15,17,22,31H,3,7-8,11-12,14H2,(H,32,36)(H,33,34)(H,38,39)/b2-1+/t17?,22-/m0/s1. The molecule has 1 fully saturated rings. The van der Waals surface area contributed by atoms with Gasteiger partial charge in [-0.25, -0.2) is 9.78 Å². The highest BCUT2D eigenvalue weighted by Gasteiger charge is 2.34.